The number of benzene rings is 2. The van der Waals surface area contributed by atoms with Crippen molar-refractivity contribution in [2.75, 3.05) is 36.5 Å². The van der Waals surface area contributed by atoms with Gasteiger partial charge in [0.2, 0.25) is 0 Å². The Kier molecular flexibility index (Phi) is 10.6. The third kappa shape index (κ3) is 8.53. The van der Waals surface area contributed by atoms with E-state index in [1.165, 1.54) is 12.1 Å². The molecule has 242 valence electrons. The van der Waals surface area contributed by atoms with E-state index in [9.17, 15) is 23.1 Å². The minimum atomic E-state index is -4.76. The lowest BCUT2D eigenvalue weighted by atomic mass is 9.95. The van der Waals surface area contributed by atoms with Gasteiger partial charge in [0.25, 0.3) is 5.91 Å². The molecule has 2 atom stereocenters. The predicted molar refractivity (Wildman–Crippen MR) is 167 cm³/mol. The number of rotatable bonds is 11. The van der Waals surface area contributed by atoms with E-state index in [4.69, 9.17) is 4.74 Å². The number of aliphatic hydroxyl groups is 1. The third-order valence-electron chi connectivity index (χ3n) is 8.75. The van der Waals surface area contributed by atoms with Gasteiger partial charge < -0.3 is 24.8 Å². The molecule has 8 nitrogen and oxygen atoms in total. The lowest BCUT2D eigenvalue weighted by molar-refractivity contribution is -0.274. The molecule has 45 heavy (non-hydrogen) atoms. The van der Waals surface area contributed by atoms with Crippen LogP contribution in [0.1, 0.15) is 61.9 Å². The van der Waals surface area contributed by atoms with Crippen LogP contribution in [-0.2, 0) is 11.3 Å². The fourth-order valence-electron chi connectivity index (χ4n) is 6.34. The molecule has 0 radical (unpaired) electrons. The van der Waals surface area contributed by atoms with E-state index in [0.717, 1.165) is 68.6 Å². The molecule has 2 fully saturated rings. The first kappa shape index (κ1) is 32.7. The summed E-state index contributed by atoms with van der Waals surface area (Å²) in [6.45, 7) is 7.72. The van der Waals surface area contributed by atoms with Crippen molar-refractivity contribution in [3.63, 3.8) is 0 Å². The molecule has 1 aromatic heterocycles. The summed E-state index contributed by atoms with van der Waals surface area (Å²) in [6, 6.07) is 15.5. The van der Waals surface area contributed by atoms with Crippen LogP contribution in [-0.4, -0.2) is 65.8 Å². The van der Waals surface area contributed by atoms with E-state index in [-0.39, 0.29) is 17.6 Å². The Bertz CT molecular complexity index is 1410. The van der Waals surface area contributed by atoms with Gasteiger partial charge in [0.05, 0.1) is 0 Å². The number of hydrogen-bond acceptors (Lipinski definition) is 7. The number of amides is 1. The first-order valence-corrected chi connectivity index (χ1v) is 15.7. The van der Waals surface area contributed by atoms with Gasteiger partial charge in [0.1, 0.15) is 11.6 Å². The van der Waals surface area contributed by atoms with Gasteiger partial charge in [-0.1, -0.05) is 19.1 Å². The fraction of sp³-hybridized carbons (Fsp3) is 0.471. The number of alkyl halides is 3. The van der Waals surface area contributed by atoms with E-state index in [0.29, 0.717) is 36.1 Å². The van der Waals surface area contributed by atoms with E-state index >= 15 is 0 Å². The quantitative estimate of drug-likeness (QED) is 0.225. The molecule has 3 aromatic rings. The zero-order valence-corrected chi connectivity index (χ0v) is 25.7. The predicted octanol–water partition coefficient (Wildman–Crippen LogP) is 6.85. The first-order valence-electron chi connectivity index (χ1n) is 15.7. The van der Waals surface area contributed by atoms with Crippen molar-refractivity contribution in [3.05, 3.63) is 71.9 Å². The van der Waals surface area contributed by atoms with Crippen LogP contribution < -0.4 is 15.0 Å². The second-order valence-electron chi connectivity index (χ2n) is 11.6. The highest BCUT2D eigenvalue weighted by atomic mass is 19.4. The standard InChI is InChI=1S/C34H41F3N4O4/c1-3-27-6-5-17-41(27)22-26-20-31(38-21-30(26)23-9-13-29(14-10-23)45-34(35,36)37)39-32(42)24-7-11-28(12-8-24)40-18-15-25(16-19-40)33(43)44-4-2/h7-14,20-21,25,27,33,43H,3-6,15-19,22H2,1-2H3,(H,38,39,42)/t27-,33?/m1/s1. The molecule has 2 aromatic carbocycles. The van der Waals surface area contributed by atoms with Crippen molar-refractivity contribution in [3.8, 4) is 16.9 Å². The minimum Gasteiger partial charge on any atom is -0.406 e. The van der Waals surface area contributed by atoms with Gasteiger partial charge in [-0.15, -0.1) is 13.2 Å². The number of likely N-dealkylation sites (tertiary alicyclic amines) is 1. The maximum atomic E-state index is 13.2. The molecule has 1 unspecified atom stereocenters. The number of aromatic nitrogens is 1. The Labute approximate surface area is 262 Å². The zero-order valence-electron chi connectivity index (χ0n) is 25.7. The number of aliphatic hydroxyl groups excluding tert-OH is 1. The molecule has 0 aliphatic carbocycles. The second kappa shape index (κ2) is 14.6. The van der Waals surface area contributed by atoms with Crippen molar-refractivity contribution < 1.29 is 32.5 Å². The number of nitrogens with one attached hydrogen (secondary N) is 1. The SMILES string of the molecule is CCOC(O)C1CCN(c2ccc(C(=O)Nc3cc(CN4CCC[C@H]4CC)c(-c4ccc(OC(F)(F)F)cc4)cn3)cc2)CC1. The second-order valence-corrected chi connectivity index (χ2v) is 11.6. The van der Waals surface area contributed by atoms with Gasteiger partial charge >= 0.3 is 6.36 Å². The van der Waals surface area contributed by atoms with Crippen LogP contribution in [0.15, 0.2) is 60.8 Å². The number of nitrogens with zero attached hydrogens (tertiary/aromatic N) is 3. The number of halogens is 3. The van der Waals surface area contributed by atoms with E-state index in [1.807, 2.05) is 25.1 Å². The van der Waals surface area contributed by atoms with Gasteiger partial charge in [-0.2, -0.15) is 0 Å². The fourth-order valence-corrected chi connectivity index (χ4v) is 6.34. The first-order chi connectivity index (χ1) is 21.6. The van der Waals surface area contributed by atoms with Gasteiger partial charge in [-0.3, -0.25) is 9.69 Å². The highest BCUT2D eigenvalue weighted by Gasteiger charge is 2.31. The van der Waals surface area contributed by atoms with E-state index in [1.54, 1.807) is 30.5 Å². The van der Waals surface area contributed by atoms with Crippen LogP contribution in [0.5, 0.6) is 5.75 Å². The number of carbonyl (C=O) groups is 1. The highest BCUT2D eigenvalue weighted by Crippen LogP contribution is 2.32. The van der Waals surface area contributed by atoms with Crippen molar-refractivity contribution in [2.45, 2.75) is 71.2 Å². The van der Waals surface area contributed by atoms with Crippen LogP contribution in [0.25, 0.3) is 11.1 Å². The topological polar surface area (TPSA) is 87.2 Å². The third-order valence-corrected chi connectivity index (χ3v) is 8.75. The number of ether oxygens (including phenoxy) is 2. The van der Waals surface area contributed by atoms with Crippen LogP contribution in [0.2, 0.25) is 0 Å². The molecule has 2 saturated heterocycles. The Morgan fingerprint density at radius 2 is 1.76 bits per heavy atom. The number of pyridine rings is 1. The van der Waals surface area contributed by atoms with E-state index in [2.05, 4.69) is 31.8 Å². The normalized spacial score (nSPS) is 18.6. The molecule has 2 N–H and O–H groups in total. The largest absolute Gasteiger partial charge is 0.573 e. The summed E-state index contributed by atoms with van der Waals surface area (Å²) in [7, 11) is 0. The summed E-state index contributed by atoms with van der Waals surface area (Å²) in [5.41, 5.74) is 3.94. The molecule has 1 amide bonds. The molecule has 5 rings (SSSR count). The molecule has 0 saturated carbocycles. The summed E-state index contributed by atoms with van der Waals surface area (Å²) in [5.74, 6) is -0.0446. The zero-order chi connectivity index (χ0) is 32.0. The molecular weight excluding hydrogens is 585 g/mol. The van der Waals surface area contributed by atoms with Crippen molar-refractivity contribution in [1.29, 1.82) is 0 Å². The average molecular weight is 627 g/mol. The molecule has 2 aliphatic rings. The summed E-state index contributed by atoms with van der Waals surface area (Å²) in [6.07, 6.45) is 1.08. The maximum absolute atomic E-state index is 13.2. The maximum Gasteiger partial charge on any atom is 0.573 e. The minimum absolute atomic E-state index is 0.121. The Balaban J connectivity index is 1.29. The van der Waals surface area contributed by atoms with Gasteiger partial charge in [-0.05, 0) is 99.2 Å². The molecule has 3 heterocycles. The van der Waals surface area contributed by atoms with Crippen LogP contribution in [0, 0.1) is 5.92 Å². The number of hydrogen-bond donors (Lipinski definition) is 2. The molecule has 11 heteroatoms. The molecular formula is C34H41F3N4O4. The lowest BCUT2D eigenvalue weighted by Gasteiger charge is -2.35. The number of anilines is 2. The van der Waals surface area contributed by atoms with Crippen molar-refractivity contribution >= 4 is 17.4 Å². The van der Waals surface area contributed by atoms with Crippen LogP contribution in [0.4, 0.5) is 24.7 Å². The van der Waals surface area contributed by atoms with Crippen molar-refractivity contribution in [1.82, 2.24) is 9.88 Å². The average Bonchev–Trinajstić information content (AvgIpc) is 3.48. The smallest absolute Gasteiger partial charge is 0.406 e. The summed E-state index contributed by atoms with van der Waals surface area (Å²) in [5, 5.41) is 13.1. The van der Waals surface area contributed by atoms with Crippen LogP contribution >= 0.6 is 0 Å². The Morgan fingerprint density at radius 1 is 1.04 bits per heavy atom. The Morgan fingerprint density at radius 3 is 2.40 bits per heavy atom. The van der Waals surface area contributed by atoms with Crippen molar-refractivity contribution in [2.24, 2.45) is 5.92 Å². The number of piperidine rings is 1. The summed E-state index contributed by atoms with van der Waals surface area (Å²) in [4.78, 5) is 22.4. The van der Waals surface area contributed by atoms with Crippen LogP contribution in [0.3, 0.4) is 0 Å². The highest BCUT2D eigenvalue weighted by molar-refractivity contribution is 6.04. The Hall–Kier alpha value is -3.67. The number of carbonyl (C=O) groups excluding carboxylic acids is 1. The van der Waals surface area contributed by atoms with Gasteiger partial charge in [-0.25, -0.2) is 4.98 Å². The monoisotopic (exact) mass is 626 g/mol. The molecule has 2 aliphatic heterocycles. The summed E-state index contributed by atoms with van der Waals surface area (Å²) >= 11 is 0. The van der Waals surface area contributed by atoms with Gasteiger partial charge in [0.15, 0.2) is 6.29 Å². The molecule has 0 bridgehead atoms. The lowest BCUT2D eigenvalue weighted by Crippen LogP contribution is -2.38. The van der Waals surface area contributed by atoms with Gasteiger partial charge in [0, 0.05) is 61.2 Å². The molecule has 0 spiro atoms. The van der Waals surface area contributed by atoms with E-state index < -0.39 is 12.7 Å². The summed E-state index contributed by atoms with van der Waals surface area (Å²) < 4.78 is 47.4.